The maximum absolute atomic E-state index is 9.03. The third-order valence-electron chi connectivity index (χ3n) is 2.64. The van der Waals surface area contributed by atoms with E-state index in [2.05, 4.69) is 9.88 Å². The summed E-state index contributed by atoms with van der Waals surface area (Å²) in [5.74, 6) is 0. The molecule has 0 bridgehead atoms. The quantitative estimate of drug-likeness (QED) is 0.825. The molecule has 0 saturated carbocycles. The van der Waals surface area contributed by atoms with Crippen LogP contribution in [0.5, 0.6) is 0 Å². The van der Waals surface area contributed by atoms with Crippen molar-refractivity contribution in [1.29, 1.82) is 0 Å². The van der Waals surface area contributed by atoms with Crippen molar-refractivity contribution in [2.45, 2.75) is 19.6 Å². The number of morpholine rings is 1. The SMILES string of the molecule is Cc1ncsc1CN1CCOC(CO)C1. The molecule has 15 heavy (non-hydrogen) atoms. The van der Waals surface area contributed by atoms with Gasteiger partial charge in [0.25, 0.3) is 0 Å². The van der Waals surface area contributed by atoms with E-state index in [0.717, 1.165) is 25.3 Å². The van der Waals surface area contributed by atoms with Crippen LogP contribution >= 0.6 is 11.3 Å². The molecule has 0 aliphatic carbocycles. The number of hydrogen-bond acceptors (Lipinski definition) is 5. The Balaban J connectivity index is 1.92. The molecule has 1 aromatic rings. The van der Waals surface area contributed by atoms with Gasteiger partial charge in [-0.05, 0) is 6.92 Å². The Labute approximate surface area is 93.5 Å². The molecule has 0 aromatic carbocycles. The molecule has 1 atom stereocenters. The highest BCUT2D eigenvalue weighted by Crippen LogP contribution is 2.16. The summed E-state index contributed by atoms with van der Waals surface area (Å²) in [6.45, 7) is 5.54. The first-order valence-corrected chi connectivity index (χ1v) is 6.01. The van der Waals surface area contributed by atoms with Gasteiger partial charge in [0, 0.05) is 24.5 Å². The summed E-state index contributed by atoms with van der Waals surface area (Å²) in [6, 6.07) is 0. The number of aromatic nitrogens is 1. The van der Waals surface area contributed by atoms with E-state index in [9.17, 15) is 0 Å². The Morgan fingerprint density at radius 1 is 1.73 bits per heavy atom. The van der Waals surface area contributed by atoms with Crippen LogP contribution in [0.3, 0.4) is 0 Å². The molecule has 2 heterocycles. The Kier molecular flexibility index (Phi) is 3.69. The highest BCUT2D eigenvalue weighted by molar-refractivity contribution is 7.09. The molecular weight excluding hydrogens is 212 g/mol. The number of aryl methyl sites for hydroxylation is 1. The molecule has 5 heteroatoms. The van der Waals surface area contributed by atoms with Gasteiger partial charge in [-0.2, -0.15) is 0 Å². The minimum absolute atomic E-state index is 0.0213. The number of thiazole rings is 1. The van der Waals surface area contributed by atoms with E-state index in [1.165, 1.54) is 4.88 Å². The summed E-state index contributed by atoms with van der Waals surface area (Å²) in [7, 11) is 0. The lowest BCUT2D eigenvalue weighted by molar-refractivity contribution is -0.0549. The lowest BCUT2D eigenvalue weighted by Gasteiger charge is -2.31. The highest BCUT2D eigenvalue weighted by Gasteiger charge is 2.20. The van der Waals surface area contributed by atoms with Crippen LogP contribution in [-0.2, 0) is 11.3 Å². The number of aliphatic hydroxyl groups excluding tert-OH is 1. The van der Waals surface area contributed by atoms with Crippen molar-refractivity contribution in [3.63, 3.8) is 0 Å². The zero-order chi connectivity index (χ0) is 10.7. The monoisotopic (exact) mass is 228 g/mol. The largest absolute Gasteiger partial charge is 0.394 e. The van der Waals surface area contributed by atoms with Gasteiger partial charge >= 0.3 is 0 Å². The van der Waals surface area contributed by atoms with E-state index in [4.69, 9.17) is 9.84 Å². The van der Waals surface area contributed by atoms with Crippen molar-refractivity contribution in [2.75, 3.05) is 26.3 Å². The smallest absolute Gasteiger partial charge is 0.0933 e. The first-order valence-electron chi connectivity index (χ1n) is 5.13. The molecule has 0 spiro atoms. The molecule has 1 saturated heterocycles. The van der Waals surface area contributed by atoms with Gasteiger partial charge in [0.2, 0.25) is 0 Å². The molecule has 1 fully saturated rings. The average molecular weight is 228 g/mol. The molecular formula is C10H16N2O2S. The number of rotatable bonds is 3. The molecule has 1 unspecified atom stereocenters. The van der Waals surface area contributed by atoms with Gasteiger partial charge in [0.1, 0.15) is 0 Å². The van der Waals surface area contributed by atoms with Crippen LogP contribution < -0.4 is 0 Å². The number of nitrogens with zero attached hydrogens (tertiary/aromatic N) is 2. The van der Waals surface area contributed by atoms with E-state index < -0.39 is 0 Å². The number of aliphatic hydroxyl groups is 1. The normalized spacial score (nSPS) is 23.2. The Hall–Kier alpha value is -0.490. The molecule has 0 amide bonds. The summed E-state index contributed by atoms with van der Waals surface area (Å²) >= 11 is 1.70. The Bertz CT molecular complexity index is 316. The molecule has 1 aliphatic heterocycles. The fraction of sp³-hybridized carbons (Fsp3) is 0.700. The summed E-state index contributed by atoms with van der Waals surface area (Å²) in [4.78, 5) is 7.86. The van der Waals surface area contributed by atoms with Gasteiger partial charge in [-0.3, -0.25) is 4.90 Å². The summed E-state index contributed by atoms with van der Waals surface area (Å²) in [5.41, 5.74) is 3.00. The zero-order valence-corrected chi connectivity index (χ0v) is 9.66. The maximum atomic E-state index is 9.03. The van der Waals surface area contributed by atoms with E-state index in [1.807, 2.05) is 12.4 Å². The first-order chi connectivity index (χ1) is 7.29. The minimum Gasteiger partial charge on any atom is -0.394 e. The summed E-state index contributed by atoms with van der Waals surface area (Å²) in [5, 5.41) is 9.03. The topological polar surface area (TPSA) is 45.6 Å². The van der Waals surface area contributed by atoms with Gasteiger partial charge in [-0.25, -0.2) is 4.98 Å². The third kappa shape index (κ3) is 2.75. The van der Waals surface area contributed by atoms with Crippen LogP contribution in [-0.4, -0.2) is 47.4 Å². The van der Waals surface area contributed by atoms with Gasteiger partial charge in [-0.1, -0.05) is 0 Å². The second-order valence-corrected chi connectivity index (χ2v) is 4.71. The fourth-order valence-corrected chi connectivity index (χ4v) is 2.53. The van der Waals surface area contributed by atoms with Gasteiger partial charge < -0.3 is 9.84 Å². The van der Waals surface area contributed by atoms with Gasteiger partial charge in [-0.15, -0.1) is 11.3 Å². The van der Waals surface area contributed by atoms with E-state index in [-0.39, 0.29) is 12.7 Å². The van der Waals surface area contributed by atoms with Gasteiger partial charge in [0.05, 0.1) is 30.5 Å². The van der Waals surface area contributed by atoms with Crippen molar-refractivity contribution in [2.24, 2.45) is 0 Å². The molecule has 2 rings (SSSR count). The molecule has 0 radical (unpaired) electrons. The van der Waals surface area contributed by atoms with Gasteiger partial charge in [0.15, 0.2) is 0 Å². The van der Waals surface area contributed by atoms with Crippen molar-refractivity contribution >= 4 is 11.3 Å². The standard InChI is InChI=1S/C10H16N2O2S/c1-8-10(15-7-11-8)5-12-2-3-14-9(4-12)6-13/h7,9,13H,2-6H2,1H3. The van der Waals surface area contributed by atoms with E-state index in [1.54, 1.807) is 11.3 Å². The van der Waals surface area contributed by atoms with Crippen molar-refractivity contribution in [3.8, 4) is 0 Å². The Morgan fingerprint density at radius 3 is 3.27 bits per heavy atom. The van der Waals surface area contributed by atoms with Crippen LogP contribution in [0.4, 0.5) is 0 Å². The van der Waals surface area contributed by atoms with Crippen LogP contribution in [0.2, 0.25) is 0 Å². The summed E-state index contributed by atoms with van der Waals surface area (Å²) in [6.07, 6.45) is -0.0213. The molecule has 4 nitrogen and oxygen atoms in total. The molecule has 84 valence electrons. The average Bonchev–Trinajstić information content (AvgIpc) is 2.65. The van der Waals surface area contributed by atoms with Crippen molar-refractivity contribution in [3.05, 3.63) is 16.1 Å². The number of hydrogen-bond donors (Lipinski definition) is 1. The highest BCUT2D eigenvalue weighted by atomic mass is 32.1. The van der Waals surface area contributed by atoms with Crippen LogP contribution in [0.15, 0.2) is 5.51 Å². The lowest BCUT2D eigenvalue weighted by atomic mass is 10.2. The van der Waals surface area contributed by atoms with Crippen molar-refractivity contribution in [1.82, 2.24) is 9.88 Å². The second-order valence-electron chi connectivity index (χ2n) is 3.77. The predicted octanol–water partition coefficient (Wildman–Crippen LogP) is 0.645. The van der Waals surface area contributed by atoms with E-state index in [0.29, 0.717) is 6.61 Å². The van der Waals surface area contributed by atoms with Crippen LogP contribution in [0.1, 0.15) is 10.6 Å². The van der Waals surface area contributed by atoms with Crippen LogP contribution in [0, 0.1) is 6.92 Å². The summed E-state index contributed by atoms with van der Waals surface area (Å²) < 4.78 is 5.40. The first kappa shape index (κ1) is 11.0. The Morgan fingerprint density at radius 2 is 2.60 bits per heavy atom. The molecule has 1 N–H and O–H groups in total. The third-order valence-corrected chi connectivity index (χ3v) is 3.56. The van der Waals surface area contributed by atoms with Crippen molar-refractivity contribution < 1.29 is 9.84 Å². The van der Waals surface area contributed by atoms with Crippen LogP contribution in [0.25, 0.3) is 0 Å². The van der Waals surface area contributed by atoms with E-state index >= 15 is 0 Å². The predicted molar refractivity (Wildman–Crippen MR) is 59.0 cm³/mol. The number of ether oxygens (including phenoxy) is 1. The zero-order valence-electron chi connectivity index (χ0n) is 8.85. The molecule has 1 aliphatic rings. The maximum Gasteiger partial charge on any atom is 0.0933 e. The molecule has 1 aromatic heterocycles. The fourth-order valence-electron chi connectivity index (χ4n) is 1.72. The lowest BCUT2D eigenvalue weighted by Crippen LogP contribution is -2.43. The minimum atomic E-state index is -0.0213. The second kappa shape index (κ2) is 5.03.